The van der Waals surface area contributed by atoms with E-state index >= 15 is 0 Å². The fraction of sp³-hybridized carbons (Fsp3) is 0.429. The van der Waals surface area contributed by atoms with Gasteiger partial charge >= 0.3 is 0 Å². The summed E-state index contributed by atoms with van der Waals surface area (Å²) in [6, 6.07) is 1.37. The number of piperazine rings is 1. The van der Waals surface area contributed by atoms with E-state index in [4.69, 9.17) is 0 Å². The van der Waals surface area contributed by atoms with Gasteiger partial charge in [-0.1, -0.05) is 6.92 Å². The number of hydrogen-bond acceptors (Lipinski definition) is 2. The number of rotatable bonds is 2. The molecule has 21 heavy (non-hydrogen) atoms. The van der Waals surface area contributed by atoms with Crippen LogP contribution < -0.4 is 0 Å². The molecule has 1 saturated heterocycles. The van der Waals surface area contributed by atoms with Gasteiger partial charge in [0.15, 0.2) is 17.5 Å². The molecular formula is C14H15F3N2O2. The van der Waals surface area contributed by atoms with Crippen LogP contribution in [0.3, 0.4) is 0 Å². The SMILES string of the molecule is CCC(=O)N1CCN(C(=O)c2cc(F)c(F)c(F)c2)CC1. The third-order valence-corrected chi connectivity index (χ3v) is 3.45. The topological polar surface area (TPSA) is 40.6 Å². The minimum Gasteiger partial charge on any atom is -0.339 e. The van der Waals surface area contributed by atoms with Gasteiger partial charge in [-0.05, 0) is 12.1 Å². The van der Waals surface area contributed by atoms with E-state index in [0.717, 1.165) is 0 Å². The molecule has 2 rings (SSSR count). The molecule has 1 heterocycles. The Morgan fingerprint density at radius 2 is 1.48 bits per heavy atom. The van der Waals surface area contributed by atoms with E-state index in [1.54, 1.807) is 11.8 Å². The average Bonchev–Trinajstić information content (AvgIpc) is 2.50. The highest BCUT2D eigenvalue weighted by molar-refractivity contribution is 5.94. The van der Waals surface area contributed by atoms with Crippen LogP contribution in [0.1, 0.15) is 23.7 Å². The Morgan fingerprint density at radius 3 is 1.95 bits per heavy atom. The van der Waals surface area contributed by atoms with Crippen LogP contribution >= 0.6 is 0 Å². The maximum absolute atomic E-state index is 13.1. The van der Waals surface area contributed by atoms with Gasteiger partial charge in [-0.2, -0.15) is 0 Å². The summed E-state index contributed by atoms with van der Waals surface area (Å²) in [5, 5.41) is 0. The molecule has 0 aliphatic carbocycles. The van der Waals surface area contributed by atoms with E-state index in [-0.39, 0.29) is 24.6 Å². The van der Waals surface area contributed by atoms with Crippen LogP contribution in [-0.2, 0) is 4.79 Å². The van der Waals surface area contributed by atoms with Crippen molar-refractivity contribution < 1.29 is 22.8 Å². The summed E-state index contributed by atoms with van der Waals surface area (Å²) in [7, 11) is 0. The van der Waals surface area contributed by atoms with Gasteiger partial charge in [-0.15, -0.1) is 0 Å². The average molecular weight is 300 g/mol. The van der Waals surface area contributed by atoms with Crippen LogP contribution in [0, 0.1) is 17.5 Å². The molecule has 0 bridgehead atoms. The van der Waals surface area contributed by atoms with E-state index in [0.29, 0.717) is 31.6 Å². The summed E-state index contributed by atoms with van der Waals surface area (Å²) in [6.07, 6.45) is 0.391. The molecule has 4 nitrogen and oxygen atoms in total. The fourth-order valence-electron chi connectivity index (χ4n) is 2.24. The monoisotopic (exact) mass is 300 g/mol. The van der Waals surface area contributed by atoms with E-state index in [1.807, 2.05) is 0 Å². The van der Waals surface area contributed by atoms with Crippen molar-refractivity contribution in [1.82, 2.24) is 9.80 Å². The number of carbonyl (C=O) groups excluding carboxylic acids is 2. The Hall–Kier alpha value is -2.05. The normalized spacial score (nSPS) is 15.2. The van der Waals surface area contributed by atoms with Crippen LogP contribution in [0.15, 0.2) is 12.1 Å². The molecule has 1 aromatic rings. The molecule has 7 heteroatoms. The summed E-state index contributed by atoms with van der Waals surface area (Å²) in [6.45, 7) is 3.08. The molecule has 114 valence electrons. The van der Waals surface area contributed by atoms with Crippen molar-refractivity contribution >= 4 is 11.8 Å². The third kappa shape index (κ3) is 3.17. The highest BCUT2D eigenvalue weighted by Crippen LogP contribution is 2.16. The molecular weight excluding hydrogens is 285 g/mol. The number of nitrogens with zero attached hydrogens (tertiary/aromatic N) is 2. The molecule has 1 aliphatic heterocycles. The van der Waals surface area contributed by atoms with Crippen LogP contribution in [-0.4, -0.2) is 47.8 Å². The molecule has 0 N–H and O–H groups in total. The van der Waals surface area contributed by atoms with Gasteiger partial charge in [0.05, 0.1) is 0 Å². The first-order chi connectivity index (χ1) is 9.93. The van der Waals surface area contributed by atoms with Gasteiger partial charge < -0.3 is 9.80 Å². The lowest BCUT2D eigenvalue weighted by Gasteiger charge is -2.34. The molecule has 0 saturated carbocycles. The molecule has 0 radical (unpaired) electrons. The first kappa shape index (κ1) is 15.3. The fourth-order valence-corrected chi connectivity index (χ4v) is 2.24. The summed E-state index contributed by atoms with van der Waals surface area (Å²) in [4.78, 5) is 26.7. The molecule has 0 spiro atoms. The van der Waals surface area contributed by atoms with Gasteiger partial charge in [0.1, 0.15) is 0 Å². The first-order valence-electron chi connectivity index (χ1n) is 6.65. The van der Waals surface area contributed by atoms with Crippen LogP contribution in [0.5, 0.6) is 0 Å². The zero-order valence-corrected chi connectivity index (χ0v) is 11.5. The van der Waals surface area contributed by atoms with Crippen molar-refractivity contribution in [2.24, 2.45) is 0 Å². The quantitative estimate of drug-likeness (QED) is 0.781. The van der Waals surface area contributed by atoms with Crippen molar-refractivity contribution in [2.45, 2.75) is 13.3 Å². The summed E-state index contributed by atoms with van der Waals surface area (Å²) >= 11 is 0. The van der Waals surface area contributed by atoms with Crippen molar-refractivity contribution in [3.8, 4) is 0 Å². The zero-order chi connectivity index (χ0) is 15.6. The molecule has 2 amide bonds. The lowest BCUT2D eigenvalue weighted by atomic mass is 10.1. The Morgan fingerprint density at radius 1 is 1.00 bits per heavy atom. The lowest BCUT2D eigenvalue weighted by molar-refractivity contribution is -0.132. The largest absolute Gasteiger partial charge is 0.339 e. The Labute approximate surface area is 120 Å². The van der Waals surface area contributed by atoms with E-state index < -0.39 is 23.4 Å². The Balaban J connectivity index is 2.07. The second-order valence-corrected chi connectivity index (χ2v) is 4.78. The second-order valence-electron chi connectivity index (χ2n) is 4.78. The van der Waals surface area contributed by atoms with Crippen LogP contribution in [0.25, 0.3) is 0 Å². The Bertz CT molecular complexity index is 546. The number of benzene rings is 1. The predicted octanol–water partition coefficient (Wildman–Crippen LogP) is 1.80. The highest BCUT2D eigenvalue weighted by atomic mass is 19.2. The van der Waals surface area contributed by atoms with Gasteiger partial charge in [0.2, 0.25) is 5.91 Å². The van der Waals surface area contributed by atoms with Crippen molar-refractivity contribution in [3.63, 3.8) is 0 Å². The minimum atomic E-state index is -1.59. The number of amides is 2. The standard InChI is InChI=1S/C14H15F3N2O2/c1-2-12(20)18-3-5-19(6-4-18)14(21)9-7-10(15)13(17)11(16)8-9/h7-8H,2-6H2,1H3. The summed E-state index contributed by atoms with van der Waals surface area (Å²) < 4.78 is 39.2. The van der Waals surface area contributed by atoms with Gasteiger partial charge in [-0.3, -0.25) is 9.59 Å². The summed E-state index contributed by atoms with van der Waals surface area (Å²) in [5.41, 5.74) is -0.235. The van der Waals surface area contributed by atoms with E-state index in [9.17, 15) is 22.8 Å². The lowest BCUT2D eigenvalue weighted by Crippen LogP contribution is -2.50. The first-order valence-corrected chi connectivity index (χ1v) is 6.65. The van der Waals surface area contributed by atoms with Crippen molar-refractivity contribution in [3.05, 3.63) is 35.1 Å². The van der Waals surface area contributed by atoms with Gasteiger partial charge in [-0.25, -0.2) is 13.2 Å². The minimum absolute atomic E-state index is 0.000898. The predicted molar refractivity (Wildman–Crippen MR) is 69.1 cm³/mol. The molecule has 1 aliphatic rings. The zero-order valence-electron chi connectivity index (χ0n) is 11.5. The van der Waals surface area contributed by atoms with Crippen LogP contribution in [0.2, 0.25) is 0 Å². The number of carbonyl (C=O) groups is 2. The number of hydrogen-bond donors (Lipinski definition) is 0. The van der Waals surface area contributed by atoms with Crippen molar-refractivity contribution in [2.75, 3.05) is 26.2 Å². The molecule has 1 aromatic carbocycles. The third-order valence-electron chi connectivity index (χ3n) is 3.45. The van der Waals surface area contributed by atoms with E-state index in [2.05, 4.69) is 0 Å². The summed E-state index contributed by atoms with van der Waals surface area (Å²) in [5.74, 6) is -4.95. The van der Waals surface area contributed by atoms with Gasteiger partial charge in [0.25, 0.3) is 5.91 Å². The Kier molecular flexibility index (Phi) is 4.50. The van der Waals surface area contributed by atoms with E-state index in [1.165, 1.54) is 4.90 Å². The number of halogens is 3. The van der Waals surface area contributed by atoms with Gasteiger partial charge in [0, 0.05) is 38.2 Å². The van der Waals surface area contributed by atoms with Crippen molar-refractivity contribution in [1.29, 1.82) is 0 Å². The smallest absolute Gasteiger partial charge is 0.254 e. The molecule has 1 fully saturated rings. The highest BCUT2D eigenvalue weighted by Gasteiger charge is 2.25. The molecule has 0 aromatic heterocycles. The maximum atomic E-state index is 13.1. The molecule has 0 unspecified atom stereocenters. The molecule has 0 atom stereocenters. The second kappa shape index (κ2) is 6.15. The maximum Gasteiger partial charge on any atom is 0.254 e. The van der Waals surface area contributed by atoms with Crippen LogP contribution in [0.4, 0.5) is 13.2 Å².